The maximum absolute atomic E-state index is 3.77. The Morgan fingerprint density at radius 2 is 1.83 bits per heavy atom. The van der Waals surface area contributed by atoms with E-state index in [1.165, 1.54) is 19.3 Å². The van der Waals surface area contributed by atoms with Gasteiger partial charge < -0.3 is 5.32 Å². The topological polar surface area (TPSA) is 12.0 Å². The van der Waals surface area contributed by atoms with Crippen molar-refractivity contribution < 1.29 is 0 Å². The van der Waals surface area contributed by atoms with E-state index in [2.05, 4.69) is 26.1 Å². The minimum Gasteiger partial charge on any atom is -0.311 e. The normalized spacial score (nSPS) is 46.0. The van der Waals surface area contributed by atoms with Crippen LogP contribution >= 0.6 is 0 Å². The molecule has 2 saturated carbocycles. The molecule has 2 rings (SSSR count). The van der Waals surface area contributed by atoms with Crippen molar-refractivity contribution in [2.75, 3.05) is 0 Å². The standard InChI is InChI=1S/C11H21N/c1-7(2)9-4-5-10(9)12-11-6-8(11)3/h7-12H,4-6H2,1-3H3/t8-,9?,10?,11-/m1/s1. The number of hydrogen-bond donors (Lipinski definition) is 1. The van der Waals surface area contributed by atoms with E-state index >= 15 is 0 Å². The summed E-state index contributed by atoms with van der Waals surface area (Å²) in [6.07, 6.45) is 4.30. The fraction of sp³-hybridized carbons (Fsp3) is 1.00. The van der Waals surface area contributed by atoms with Gasteiger partial charge in [-0.05, 0) is 37.0 Å². The van der Waals surface area contributed by atoms with Gasteiger partial charge in [-0.3, -0.25) is 0 Å². The summed E-state index contributed by atoms with van der Waals surface area (Å²) in [6, 6.07) is 1.73. The minimum absolute atomic E-state index is 0.861. The van der Waals surface area contributed by atoms with Crippen LogP contribution in [0, 0.1) is 17.8 Å². The Morgan fingerprint density at radius 3 is 2.17 bits per heavy atom. The van der Waals surface area contributed by atoms with Crippen LogP contribution in [0.15, 0.2) is 0 Å². The van der Waals surface area contributed by atoms with Gasteiger partial charge in [-0.2, -0.15) is 0 Å². The van der Waals surface area contributed by atoms with Gasteiger partial charge in [-0.25, -0.2) is 0 Å². The average Bonchev–Trinajstić information content (AvgIpc) is 2.58. The van der Waals surface area contributed by atoms with Crippen molar-refractivity contribution in [3.8, 4) is 0 Å². The second-order valence-corrected chi connectivity index (χ2v) is 5.08. The molecule has 1 heteroatoms. The molecular weight excluding hydrogens is 146 g/mol. The SMILES string of the molecule is CC(C)C1CCC1N[C@@H]1C[C@H]1C. The summed E-state index contributed by atoms with van der Waals surface area (Å²) in [6.45, 7) is 7.06. The Balaban J connectivity index is 1.74. The van der Waals surface area contributed by atoms with E-state index in [0.29, 0.717) is 0 Å². The molecule has 2 aliphatic rings. The van der Waals surface area contributed by atoms with Crippen molar-refractivity contribution in [1.82, 2.24) is 5.32 Å². The number of rotatable bonds is 3. The van der Waals surface area contributed by atoms with Crippen molar-refractivity contribution in [3.05, 3.63) is 0 Å². The summed E-state index contributed by atoms with van der Waals surface area (Å²) in [5.74, 6) is 2.81. The van der Waals surface area contributed by atoms with Crippen molar-refractivity contribution in [3.63, 3.8) is 0 Å². The molecule has 0 amide bonds. The molecule has 2 fully saturated rings. The van der Waals surface area contributed by atoms with Crippen molar-refractivity contribution in [2.24, 2.45) is 17.8 Å². The van der Waals surface area contributed by atoms with Crippen molar-refractivity contribution in [1.29, 1.82) is 0 Å². The van der Waals surface area contributed by atoms with E-state index in [4.69, 9.17) is 0 Å². The van der Waals surface area contributed by atoms with Gasteiger partial charge in [0.1, 0.15) is 0 Å². The highest BCUT2D eigenvalue weighted by Crippen LogP contribution is 2.38. The van der Waals surface area contributed by atoms with E-state index in [-0.39, 0.29) is 0 Å². The molecule has 0 heterocycles. The molecule has 1 nitrogen and oxygen atoms in total. The second-order valence-electron chi connectivity index (χ2n) is 5.08. The van der Waals surface area contributed by atoms with Gasteiger partial charge >= 0.3 is 0 Å². The fourth-order valence-electron chi connectivity index (χ4n) is 2.36. The van der Waals surface area contributed by atoms with Crippen LogP contribution in [0.3, 0.4) is 0 Å². The summed E-state index contributed by atoms with van der Waals surface area (Å²) in [5.41, 5.74) is 0. The van der Waals surface area contributed by atoms with Crippen LogP contribution < -0.4 is 5.32 Å². The predicted octanol–water partition coefficient (Wildman–Crippen LogP) is 2.42. The first-order valence-corrected chi connectivity index (χ1v) is 5.44. The molecule has 0 bridgehead atoms. The van der Waals surface area contributed by atoms with Crippen molar-refractivity contribution >= 4 is 0 Å². The summed E-state index contributed by atoms with van der Waals surface area (Å²) >= 11 is 0. The van der Waals surface area contributed by atoms with Crippen LogP contribution in [0.1, 0.15) is 40.0 Å². The van der Waals surface area contributed by atoms with Gasteiger partial charge in [0.25, 0.3) is 0 Å². The molecule has 2 unspecified atom stereocenters. The Morgan fingerprint density at radius 1 is 1.17 bits per heavy atom. The molecule has 0 aromatic rings. The first-order chi connectivity index (χ1) is 5.68. The lowest BCUT2D eigenvalue weighted by Gasteiger charge is -2.40. The number of nitrogens with one attached hydrogen (secondary N) is 1. The maximum Gasteiger partial charge on any atom is 0.0101 e. The molecule has 0 spiro atoms. The van der Waals surface area contributed by atoms with E-state index in [0.717, 1.165) is 29.8 Å². The van der Waals surface area contributed by atoms with Gasteiger partial charge in [0.05, 0.1) is 0 Å². The molecule has 2 aliphatic carbocycles. The fourth-order valence-corrected chi connectivity index (χ4v) is 2.36. The molecule has 70 valence electrons. The molecule has 12 heavy (non-hydrogen) atoms. The van der Waals surface area contributed by atoms with Crippen LogP contribution in [0.25, 0.3) is 0 Å². The average molecular weight is 167 g/mol. The largest absolute Gasteiger partial charge is 0.311 e. The molecule has 0 radical (unpaired) electrons. The van der Waals surface area contributed by atoms with E-state index in [1.54, 1.807) is 0 Å². The molecular formula is C11H21N. The molecule has 0 aromatic carbocycles. The Kier molecular flexibility index (Phi) is 2.16. The van der Waals surface area contributed by atoms with Crippen LogP contribution in [-0.4, -0.2) is 12.1 Å². The molecule has 1 N–H and O–H groups in total. The Bertz CT molecular complexity index is 164. The Hall–Kier alpha value is -0.0400. The first kappa shape index (κ1) is 8.55. The summed E-state index contributed by atoms with van der Waals surface area (Å²) in [5, 5.41) is 3.77. The third-order valence-corrected chi connectivity index (χ3v) is 3.72. The van der Waals surface area contributed by atoms with E-state index in [1.807, 2.05) is 0 Å². The molecule has 0 aromatic heterocycles. The lowest BCUT2D eigenvalue weighted by Crippen LogP contribution is -2.47. The first-order valence-electron chi connectivity index (χ1n) is 5.44. The number of hydrogen-bond acceptors (Lipinski definition) is 1. The summed E-state index contributed by atoms with van der Waals surface area (Å²) in [4.78, 5) is 0. The quantitative estimate of drug-likeness (QED) is 0.680. The lowest BCUT2D eigenvalue weighted by atomic mass is 9.73. The molecule has 0 aliphatic heterocycles. The summed E-state index contributed by atoms with van der Waals surface area (Å²) in [7, 11) is 0. The highest BCUT2D eigenvalue weighted by molar-refractivity contribution is 4.97. The minimum atomic E-state index is 0.861. The van der Waals surface area contributed by atoms with E-state index in [9.17, 15) is 0 Å². The monoisotopic (exact) mass is 167 g/mol. The third-order valence-electron chi connectivity index (χ3n) is 3.72. The third kappa shape index (κ3) is 1.52. The highest BCUT2D eigenvalue weighted by Gasteiger charge is 2.40. The van der Waals surface area contributed by atoms with Gasteiger partial charge in [0, 0.05) is 12.1 Å². The van der Waals surface area contributed by atoms with Gasteiger partial charge in [0.15, 0.2) is 0 Å². The smallest absolute Gasteiger partial charge is 0.0101 e. The summed E-state index contributed by atoms with van der Waals surface area (Å²) < 4.78 is 0. The van der Waals surface area contributed by atoms with Crippen LogP contribution in [0.2, 0.25) is 0 Å². The maximum atomic E-state index is 3.77. The second kappa shape index (κ2) is 3.02. The van der Waals surface area contributed by atoms with Crippen molar-refractivity contribution in [2.45, 2.75) is 52.1 Å². The zero-order valence-electron chi connectivity index (χ0n) is 8.51. The molecule has 4 atom stereocenters. The zero-order chi connectivity index (χ0) is 8.72. The Labute approximate surface area is 75.9 Å². The van der Waals surface area contributed by atoms with Gasteiger partial charge in [-0.15, -0.1) is 0 Å². The van der Waals surface area contributed by atoms with Crippen LogP contribution in [-0.2, 0) is 0 Å². The van der Waals surface area contributed by atoms with Crippen LogP contribution in [0.4, 0.5) is 0 Å². The predicted molar refractivity (Wildman–Crippen MR) is 52.1 cm³/mol. The van der Waals surface area contributed by atoms with Gasteiger partial charge in [-0.1, -0.05) is 20.8 Å². The zero-order valence-corrected chi connectivity index (χ0v) is 8.51. The van der Waals surface area contributed by atoms with E-state index < -0.39 is 0 Å². The lowest BCUT2D eigenvalue weighted by molar-refractivity contribution is 0.152. The molecule has 0 saturated heterocycles. The highest BCUT2D eigenvalue weighted by atomic mass is 15.0. The van der Waals surface area contributed by atoms with Crippen LogP contribution in [0.5, 0.6) is 0 Å². The van der Waals surface area contributed by atoms with Gasteiger partial charge in [0.2, 0.25) is 0 Å².